The normalized spacial score (nSPS) is 19.6. The van der Waals surface area contributed by atoms with Gasteiger partial charge in [-0.05, 0) is 23.6 Å². The lowest BCUT2D eigenvalue weighted by Gasteiger charge is -2.38. The molecule has 0 saturated carbocycles. The molecule has 0 atom stereocenters. The van der Waals surface area contributed by atoms with Crippen LogP contribution in [0.15, 0.2) is 35.8 Å². The molecule has 0 bridgehead atoms. The van der Waals surface area contributed by atoms with E-state index in [1.54, 1.807) is 12.3 Å². The topological polar surface area (TPSA) is 63.7 Å². The molecule has 0 aliphatic carbocycles. The molecule has 2 aliphatic heterocycles. The van der Waals surface area contributed by atoms with Crippen LogP contribution in [0.25, 0.3) is 0 Å². The maximum Gasteiger partial charge on any atom is 0.265 e. The first-order valence-corrected chi connectivity index (χ1v) is 8.96. The van der Waals surface area contributed by atoms with Gasteiger partial charge in [0.1, 0.15) is 5.82 Å². The summed E-state index contributed by atoms with van der Waals surface area (Å²) in [6.07, 6.45) is 3.41. The van der Waals surface area contributed by atoms with Crippen molar-refractivity contribution in [3.05, 3.63) is 40.7 Å². The van der Waals surface area contributed by atoms with E-state index in [1.807, 2.05) is 23.6 Å². The first-order valence-electron chi connectivity index (χ1n) is 8.08. The van der Waals surface area contributed by atoms with Gasteiger partial charge in [0, 0.05) is 25.9 Å². The van der Waals surface area contributed by atoms with Gasteiger partial charge in [-0.15, -0.1) is 11.3 Å². The highest BCUT2D eigenvalue weighted by Crippen LogP contribution is 2.32. The van der Waals surface area contributed by atoms with E-state index in [9.17, 15) is 4.79 Å². The van der Waals surface area contributed by atoms with Crippen LogP contribution < -0.4 is 10.2 Å². The minimum Gasteiger partial charge on any atom is -0.356 e. The number of anilines is 2. The second-order valence-electron chi connectivity index (χ2n) is 5.93. The Morgan fingerprint density at radius 1 is 1.21 bits per heavy atom. The van der Waals surface area contributed by atoms with Crippen molar-refractivity contribution in [3.8, 4) is 0 Å². The minimum absolute atomic E-state index is 0.102. The zero-order valence-corrected chi connectivity index (χ0v) is 14.1. The average molecular weight is 345 g/mol. The maximum atomic E-state index is 12.0. The van der Waals surface area contributed by atoms with Crippen molar-refractivity contribution in [1.82, 2.24) is 4.98 Å². The lowest BCUT2D eigenvalue weighted by molar-refractivity contribution is -0.169. The summed E-state index contributed by atoms with van der Waals surface area (Å²) in [6.45, 7) is 3.09. The number of pyridine rings is 1. The first-order chi connectivity index (χ1) is 11.7. The smallest absolute Gasteiger partial charge is 0.265 e. The van der Waals surface area contributed by atoms with Crippen LogP contribution in [0.4, 0.5) is 11.5 Å². The maximum absolute atomic E-state index is 12.0. The molecular formula is C17H19N3O3S. The second-order valence-corrected chi connectivity index (χ2v) is 6.88. The predicted molar refractivity (Wildman–Crippen MR) is 92.6 cm³/mol. The summed E-state index contributed by atoms with van der Waals surface area (Å²) < 4.78 is 11.5. The number of nitrogens with zero attached hydrogens (tertiary/aromatic N) is 2. The number of piperidine rings is 1. The highest BCUT2D eigenvalue weighted by molar-refractivity contribution is 7.12. The molecule has 24 heavy (non-hydrogen) atoms. The van der Waals surface area contributed by atoms with Crippen LogP contribution in [0.5, 0.6) is 0 Å². The van der Waals surface area contributed by atoms with Crippen LogP contribution >= 0.6 is 11.3 Å². The molecule has 6 nitrogen and oxygen atoms in total. The summed E-state index contributed by atoms with van der Waals surface area (Å²) in [5, 5.41) is 4.75. The molecule has 1 spiro atoms. The first kappa shape index (κ1) is 15.6. The van der Waals surface area contributed by atoms with Gasteiger partial charge in [0.25, 0.3) is 5.91 Å². The van der Waals surface area contributed by atoms with Crippen molar-refractivity contribution in [2.45, 2.75) is 18.6 Å². The fourth-order valence-corrected chi connectivity index (χ4v) is 3.73. The molecule has 0 radical (unpaired) electrons. The molecule has 2 saturated heterocycles. The number of thiophene rings is 1. The van der Waals surface area contributed by atoms with Gasteiger partial charge in [-0.25, -0.2) is 4.98 Å². The standard InChI is InChI=1S/C17H19N3O3S/c21-16(14-2-1-11-24-14)19-13-3-4-15(18-12-13)20-7-5-17(6-8-20)22-9-10-23-17/h1-4,11-12H,5-10H2,(H,19,21). The molecule has 2 fully saturated rings. The molecule has 2 aromatic rings. The highest BCUT2D eigenvalue weighted by Gasteiger charge is 2.39. The number of rotatable bonds is 3. The Kier molecular flexibility index (Phi) is 4.22. The summed E-state index contributed by atoms with van der Waals surface area (Å²) in [6, 6.07) is 7.50. The van der Waals surface area contributed by atoms with Crippen LogP contribution in [-0.4, -0.2) is 43.0 Å². The summed E-state index contributed by atoms with van der Waals surface area (Å²) >= 11 is 1.42. The van der Waals surface area contributed by atoms with Crippen LogP contribution in [0.2, 0.25) is 0 Å². The Morgan fingerprint density at radius 2 is 2.00 bits per heavy atom. The third kappa shape index (κ3) is 3.15. The van der Waals surface area contributed by atoms with Crippen LogP contribution in [0.1, 0.15) is 22.5 Å². The third-order valence-electron chi connectivity index (χ3n) is 4.41. The van der Waals surface area contributed by atoms with Crippen LogP contribution in [-0.2, 0) is 9.47 Å². The SMILES string of the molecule is O=C(Nc1ccc(N2CCC3(CC2)OCCO3)nc1)c1cccs1. The summed E-state index contributed by atoms with van der Waals surface area (Å²) in [7, 11) is 0. The number of hydrogen-bond donors (Lipinski definition) is 1. The van der Waals surface area contributed by atoms with Crippen LogP contribution in [0, 0.1) is 0 Å². The number of carbonyl (C=O) groups is 1. The molecule has 4 rings (SSSR count). The van der Waals surface area contributed by atoms with E-state index < -0.39 is 0 Å². The van der Waals surface area contributed by atoms with Gasteiger partial charge < -0.3 is 19.7 Å². The Labute approximate surface area is 144 Å². The van der Waals surface area contributed by atoms with Crippen molar-refractivity contribution in [2.24, 2.45) is 0 Å². The molecule has 0 unspecified atom stereocenters. The molecule has 2 aromatic heterocycles. The number of hydrogen-bond acceptors (Lipinski definition) is 6. The van der Waals surface area contributed by atoms with E-state index >= 15 is 0 Å². The van der Waals surface area contributed by atoms with E-state index in [-0.39, 0.29) is 11.7 Å². The molecule has 1 amide bonds. The van der Waals surface area contributed by atoms with Gasteiger partial charge in [-0.1, -0.05) is 6.07 Å². The zero-order chi connectivity index (χ0) is 16.4. The Bertz CT molecular complexity index is 686. The Balaban J connectivity index is 1.37. The molecule has 4 heterocycles. The summed E-state index contributed by atoms with van der Waals surface area (Å²) in [4.78, 5) is 19.4. The van der Waals surface area contributed by atoms with E-state index in [0.717, 1.165) is 31.7 Å². The molecule has 126 valence electrons. The number of amides is 1. The quantitative estimate of drug-likeness (QED) is 0.927. The number of nitrogens with one attached hydrogen (secondary N) is 1. The lowest BCUT2D eigenvalue weighted by Crippen LogP contribution is -2.45. The largest absolute Gasteiger partial charge is 0.356 e. The number of ether oxygens (including phenoxy) is 2. The zero-order valence-electron chi connectivity index (χ0n) is 13.2. The number of aromatic nitrogens is 1. The van der Waals surface area contributed by atoms with Crippen molar-refractivity contribution >= 4 is 28.7 Å². The summed E-state index contributed by atoms with van der Waals surface area (Å²) in [5.74, 6) is 0.442. The van der Waals surface area contributed by atoms with E-state index in [4.69, 9.17) is 9.47 Å². The molecule has 1 N–H and O–H groups in total. The van der Waals surface area contributed by atoms with E-state index in [0.29, 0.717) is 23.8 Å². The van der Waals surface area contributed by atoms with Crippen molar-refractivity contribution in [3.63, 3.8) is 0 Å². The third-order valence-corrected chi connectivity index (χ3v) is 5.28. The molecule has 0 aromatic carbocycles. The van der Waals surface area contributed by atoms with Crippen molar-refractivity contribution in [2.75, 3.05) is 36.5 Å². The molecular weight excluding hydrogens is 326 g/mol. The predicted octanol–water partition coefficient (Wildman–Crippen LogP) is 2.74. The van der Waals surface area contributed by atoms with Gasteiger partial charge in [0.05, 0.1) is 30.0 Å². The number of carbonyl (C=O) groups excluding carboxylic acids is 1. The van der Waals surface area contributed by atoms with Gasteiger partial charge >= 0.3 is 0 Å². The fourth-order valence-electron chi connectivity index (χ4n) is 3.11. The monoisotopic (exact) mass is 345 g/mol. The van der Waals surface area contributed by atoms with Gasteiger partial charge in [-0.3, -0.25) is 4.79 Å². The average Bonchev–Trinajstić information content (AvgIpc) is 3.29. The Morgan fingerprint density at radius 3 is 2.62 bits per heavy atom. The van der Waals surface area contributed by atoms with Gasteiger partial charge in [-0.2, -0.15) is 0 Å². The molecule has 2 aliphatic rings. The van der Waals surface area contributed by atoms with E-state index in [2.05, 4.69) is 15.2 Å². The van der Waals surface area contributed by atoms with E-state index in [1.165, 1.54) is 11.3 Å². The van der Waals surface area contributed by atoms with Crippen LogP contribution in [0.3, 0.4) is 0 Å². The minimum atomic E-state index is -0.370. The fraction of sp³-hybridized carbons (Fsp3) is 0.412. The van der Waals surface area contributed by atoms with Crippen molar-refractivity contribution in [1.29, 1.82) is 0 Å². The summed E-state index contributed by atoms with van der Waals surface area (Å²) in [5.41, 5.74) is 0.702. The molecule has 7 heteroatoms. The van der Waals surface area contributed by atoms with Gasteiger partial charge in [0.15, 0.2) is 5.79 Å². The van der Waals surface area contributed by atoms with Gasteiger partial charge in [0.2, 0.25) is 0 Å². The van der Waals surface area contributed by atoms with Crippen molar-refractivity contribution < 1.29 is 14.3 Å². The highest BCUT2D eigenvalue weighted by atomic mass is 32.1. The lowest BCUT2D eigenvalue weighted by atomic mass is 10.0. The Hall–Kier alpha value is -1.96. The second kappa shape index (κ2) is 6.51.